The summed E-state index contributed by atoms with van der Waals surface area (Å²) in [5, 5.41) is 0. The highest BCUT2D eigenvalue weighted by Gasteiger charge is 2.23. The molecule has 0 saturated heterocycles. The zero-order valence-electron chi connectivity index (χ0n) is 14.4. The van der Waals surface area contributed by atoms with Crippen molar-refractivity contribution in [2.75, 3.05) is 19.0 Å². The second kappa shape index (κ2) is 6.70. The van der Waals surface area contributed by atoms with E-state index in [9.17, 15) is 0 Å². The first-order chi connectivity index (χ1) is 12.2. The molecule has 1 aliphatic heterocycles. The van der Waals surface area contributed by atoms with Crippen molar-refractivity contribution < 1.29 is 0 Å². The number of rotatable bonds is 1. The van der Waals surface area contributed by atoms with E-state index in [0.29, 0.717) is 0 Å². The molecule has 1 aliphatic rings. The average Bonchev–Trinajstić information content (AvgIpc) is 2.65. The van der Waals surface area contributed by atoms with Crippen LogP contribution >= 0.6 is 11.8 Å². The first kappa shape index (κ1) is 15.9. The number of benzene rings is 3. The number of hydrogen-bond acceptors (Lipinski definition) is 2. The molecule has 0 fully saturated rings. The molecule has 0 saturated carbocycles. The van der Waals surface area contributed by atoms with Gasteiger partial charge in [-0.1, -0.05) is 60.0 Å². The lowest BCUT2D eigenvalue weighted by atomic mass is 9.91. The summed E-state index contributed by atoms with van der Waals surface area (Å²) in [6, 6.07) is 25.6. The summed E-state index contributed by atoms with van der Waals surface area (Å²) >= 11 is 1.84. The van der Waals surface area contributed by atoms with Crippen molar-refractivity contribution >= 4 is 17.4 Å². The third-order valence-corrected chi connectivity index (χ3v) is 5.61. The van der Waals surface area contributed by atoms with Crippen LogP contribution in [0.4, 0.5) is 5.69 Å². The molecular formula is C23H19NS. The monoisotopic (exact) mass is 341 g/mol. The van der Waals surface area contributed by atoms with Gasteiger partial charge in [-0.15, -0.1) is 0 Å². The average molecular weight is 341 g/mol. The highest BCUT2D eigenvalue weighted by Crippen LogP contribution is 2.45. The van der Waals surface area contributed by atoms with Gasteiger partial charge in [-0.3, -0.25) is 0 Å². The van der Waals surface area contributed by atoms with Gasteiger partial charge in [0.1, 0.15) is 0 Å². The molecule has 3 aromatic rings. The Morgan fingerprint density at radius 2 is 1.32 bits per heavy atom. The van der Waals surface area contributed by atoms with E-state index in [-0.39, 0.29) is 5.92 Å². The molecule has 3 aromatic carbocycles. The van der Waals surface area contributed by atoms with E-state index in [1.807, 2.05) is 25.9 Å². The van der Waals surface area contributed by atoms with Crippen molar-refractivity contribution in [1.82, 2.24) is 0 Å². The SMILES string of the molecule is CN(C)c1ccc(C#CC2c3ccccc3Sc3ccccc32)cc1. The van der Waals surface area contributed by atoms with Crippen molar-refractivity contribution in [3.63, 3.8) is 0 Å². The largest absolute Gasteiger partial charge is 0.378 e. The molecule has 4 rings (SSSR count). The van der Waals surface area contributed by atoms with Gasteiger partial charge in [-0.2, -0.15) is 0 Å². The van der Waals surface area contributed by atoms with E-state index in [2.05, 4.69) is 89.5 Å². The molecule has 0 N–H and O–H groups in total. The standard InChI is InChI=1S/C23H19NS/c1-24(2)18-14-11-17(12-15-18)13-16-19-20-7-3-5-9-22(20)25-23-10-6-4-8-21(19)23/h3-12,14-15,19H,1-2H3. The summed E-state index contributed by atoms with van der Waals surface area (Å²) in [6.07, 6.45) is 0. The van der Waals surface area contributed by atoms with Gasteiger partial charge in [0.05, 0.1) is 5.92 Å². The fourth-order valence-corrected chi connectivity index (χ4v) is 4.20. The van der Waals surface area contributed by atoms with E-state index < -0.39 is 0 Å². The molecular weight excluding hydrogens is 322 g/mol. The lowest BCUT2D eigenvalue weighted by Crippen LogP contribution is -2.08. The van der Waals surface area contributed by atoms with Crippen LogP contribution in [0.2, 0.25) is 0 Å². The molecule has 122 valence electrons. The Balaban J connectivity index is 1.74. The molecule has 0 bridgehead atoms. The third-order valence-electron chi connectivity index (χ3n) is 4.42. The third kappa shape index (κ3) is 3.16. The number of anilines is 1. The Kier molecular flexibility index (Phi) is 4.26. The molecule has 0 amide bonds. The maximum absolute atomic E-state index is 3.52. The summed E-state index contributed by atoms with van der Waals surface area (Å²) in [6.45, 7) is 0. The molecule has 0 aromatic heterocycles. The lowest BCUT2D eigenvalue weighted by Gasteiger charge is -2.24. The fraction of sp³-hybridized carbons (Fsp3) is 0.130. The Hall–Kier alpha value is -2.63. The number of fused-ring (bicyclic) bond motifs is 2. The summed E-state index contributed by atoms with van der Waals surface area (Å²) < 4.78 is 0. The van der Waals surface area contributed by atoms with Crippen LogP contribution in [0.1, 0.15) is 22.6 Å². The van der Waals surface area contributed by atoms with Gasteiger partial charge in [0.2, 0.25) is 0 Å². The van der Waals surface area contributed by atoms with Crippen molar-refractivity contribution in [2.24, 2.45) is 0 Å². The molecule has 0 aliphatic carbocycles. The Labute approximate surface area is 153 Å². The zero-order chi connectivity index (χ0) is 17.2. The van der Waals surface area contributed by atoms with Gasteiger partial charge in [-0.25, -0.2) is 0 Å². The minimum atomic E-state index is 0.127. The van der Waals surface area contributed by atoms with Crippen molar-refractivity contribution in [3.05, 3.63) is 89.5 Å². The predicted octanol–water partition coefficient (Wildman–Crippen LogP) is 5.40. The second-order valence-electron chi connectivity index (χ2n) is 6.32. The van der Waals surface area contributed by atoms with Crippen molar-refractivity contribution in [1.29, 1.82) is 0 Å². The molecule has 0 spiro atoms. The first-order valence-electron chi connectivity index (χ1n) is 8.37. The first-order valence-corrected chi connectivity index (χ1v) is 9.18. The summed E-state index contributed by atoms with van der Waals surface area (Å²) in [5.74, 6) is 7.03. The summed E-state index contributed by atoms with van der Waals surface area (Å²) in [5.41, 5.74) is 4.86. The van der Waals surface area contributed by atoms with Crippen LogP contribution in [-0.4, -0.2) is 14.1 Å². The molecule has 25 heavy (non-hydrogen) atoms. The Bertz CT molecular complexity index is 916. The minimum absolute atomic E-state index is 0.127. The van der Waals surface area contributed by atoms with Crippen LogP contribution in [0.15, 0.2) is 82.6 Å². The van der Waals surface area contributed by atoms with Gasteiger partial charge < -0.3 is 4.90 Å². The van der Waals surface area contributed by atoms with E-state index in [1.165, 1.54) is 26.6 Å². The number of hydrogen-bond donors (Lipinski definition) is 0. The number of nitrogens with zero attached hydrogens (tertiary/aromatic N) is 1. The van der Waals surface area contributed by atoms with Gasteiger partial charge in [0.15, 0.2) is 0 Å². The van der Waals surface area contributed by atoms with Crippen LogP contribution < -0.4 is 4.90 Å². The van der Waals surface area contributed by atoms with E-state index >= 15 is 0 Å². The fourth-order valence-electron chi connectivity index (χ4n) is 3.06. The molecule has 1 nitrogen and oxygen atoms in total. The molecule has 0 unspecified atom stereocenters. The quantitative estimate of drug-likeness (QED) is 0.545. The van der Waals surface area contributed by atoms with Crippen molar-refractivity contribution in [3.8, 4) is 11.8 Å². The van der Waals surface area contributed by atoms with Gasteiger partial charge in [-0.05, 0) is 47.5 Å². The smallest absolute Gasteiger partial charge is 0.0727 e. The van der Waals surface area contributed by atoms with E-state index in [4.69, 9.17) is 0 Å². The van der Waals surface area contributed by atoms with Crippen molar-refractivity contribution in [2.45, 2.75) is 15.7 Å². The molecule has 0 atom stereocenters. The maximum atomic E-state index is 3.52. The molecule has 0 radical (unpaired) electrons. The predicted molar refractivity (Wildman–Crippen MR) is 106 cm³/mol. The highest BCUT2D eigenvalue weighted by atomic mass is 32.2. The molecule has 2 heteroatoms. The summed E-state index contributed by atoms with van der Waals surface area (Å²) in [7, 11) is 4.10. The minimum Gasteiger partial charge on any atom is -0.378 e. The van der Waals surface area contributed by atoms with Crippen LogP contribution in [0.25, 0.3) is 0 Å². The van der Waals surface area contributed by atoms with Gasteiger partial charge in [0, 0.05) is 35.1 Å². The maximum Gasteiger partial charge on any atom is 0.0727 e. The van der Waals surface area contributed by atoms with Crippen LogP contribution in [0.5, 0.6) is 0 Å². The Morgan fingerprint density at radius 1 is 0.760 bits per heavy atom. The highest BCUT2D eigenvalue weighted by molar-refractivity contribution is 7.99. The van der Waals surface area contributed by atoms with Gasteiger partial charge in [0.25, 0.3) is 0 Å². The Morgan fingerprint density at radius 3 is 1.88 bits per heavy atom. The van der Waals surface area contributed by atoms with Crippen LogP contribution in [0, 0.1) is 11.8 Å². The zero-order valence-corrected chi connectivity index (χ0v) is 15.2. The lowest BCUT2D eigenvalue weighted by molar-refractivity contribution is 0.963. The van der Waals surface area contributed by atoms with Gasteiger partial charge >= 0.3 is 0 Å². The molecule has 1 heterocycles. The summed E-state index contributed by atoms with van der Waals surface area (Å²) in [4.78, 5) is 4.72. The van der Waals surface area contributed by atoms with Crippen LogP contribution in [-0.2, 0) is 0 Å². The second-order valence-corrected chi connectivity index (χ2v) is 7.41. The topological polar surface area (TPSA) is 3.24 Å². The van der Waals surface area contributed by atoms with Crippen LogP contribution in [0.3, 0.4) is 0 Å². The van der Waals surface area contributed by atoms with E-state index in [0.717, 1.165) is 5.56 Å². The van der Waals surface area contributed by atoms with E-state index in [1.54, 1.807) is 0 Å². The normalized spacial score (nSPS) is 12.6.